The molecule has 0 saturated carbocycles. The van der Waals surface area contributed by atoms with Crippen LogP contribution in [0.2, 0.25) is 0 Å². The molecular weight excluding hydrogens is 310 g/mol. The van der Waals surface area contributed by atoms with E-state index in [1.165, 1.54) is 18.2 Å². The average Bonchev–Trinajstić information content (AvgIpc) is 2.37. The second-order valence-electron chi connectivity index (χ2n) is 4.88. The molecule has 110 valence electrons. The number of halogens is 1. The quantitative estimate of drug-likeness (QED) is 0.786. The van der Waals surface area contributed by atoms with Crippen molar-refractivity contribution in [3.8, 4) is 0 Å². The molecule has 0 aliphatic heterocycles. The summed E-state index contributed by atoms with van der Waals surface area (Å²) in [5.41, 5.74) is 2.66. The Balaban J connectivity index is 2.52. The number of hydrogen-bond acceptors (Lipinski definition) is 3. The summed E-state index contributed by atoms with van der Waals surface area (Å²) in [5, 5.41) is -0.0525. The normalized spacial score (nSPS) is 17.2. The van der Waals surface area contributed by atoms with Gasteiger partial charge in [-0.15, -0.1) is 0 Å². The highest BCUT2D eigenvalue weighted by atomic mass is 35.5. The maximum Gasteiger partial charge on any atom is 0.283 e. The molecule has 1 aliphatic carbocycles. The molecule has 0 saturated heterocycles. The number of allylic oxidation sites excluding steroid dienone is 4. The van der Waals surface area contributed by atoms with Crippen LogP contribution in [0.15, 0.2) is 44.7 Å². The molecule has 0 unspecified atom stereocenters. The van der Waals surface area contributed by atoms with Crippen molar-refractivity contribution in [2.24, 2.45) is 4.40 Å². The molecule has 0 amide bonds. The molecule has 4 nitrogen and oxygen atoms in total. The lowest BCUT2D eigenvalue weighted by molar-refractivity contribution is -0.110. The molecule has 2 rings (SSSR count). The molecule has 6 heteroatoms. The molecule has 0 spiro atoms. The SMILES string of the molecule is Cc1cc(C)c(S(=O)(=O)N=C2C=CC(=O)C(Cl)=C2)cc1C. The largest absolute Gasteiger partial charge is 0.288 e. The number of carbonyl (C=O) groups excluding carboxylic acids is 1. The second kappa shape index (κ2) is 5.58. The maximum absolute atomic E-state index is 12.4. The molecule has 0 heterocycles. The van der Waals surface area contributed by atoms with Gasteiger partial charge in [0.1, 0.15) is 0 Å². The number of ketones is 1. The van der Waals surface area contributed by atoms with Gasteiger partial charge in [-0.2, -0.15) is 12.8 Å². The summed E-state index contributed by atoms with van der Waals surface area (Å²) in [5.74, 6) is -0.365. The van der Waals surface area contributed by atoms with Crippen LogP contribution in [-0.4, -0.2) is 19.9 Å². The molecule has 0 bridgehead atoms. The lowest BCUT2D eigenvalue weighted by Gasteiger charge is -2.09. The minimum Gasteiger partial charge on any atom is -0.288 e. The van der Waals surface area contributed by atoms with E-state index >= 15 is 0 Å². The van der Waals surface area contributed by atoms with E-state index in [0.29, 0.717) is 5.56 Å². The molecule has 1 aromatic rings. The first-order valence-corrected chi connectivity index (χ1v) is 8.05. The van der Waals surface area contributed by atoms with E-state index < -0.39 is 10.0 Å². The smallest absolute Gasteiger partial charge is 0.283 e. The van der Waals surface area contributed by atoms with Gasteiger partial charge in [0, 0.05) is 0 Å². The number of sulfonamides is 1. The Morgan fingerprint density at radius 2 is 1.62 bits per heavy atom. The van der Waals surface area contributed by atoms with Gasteiger partial charge in [0.15, 0.2) is 5.78 Å². The van der Waals surface area contributed by atoms with Gasteiger partial charge >= 0.3 is 0 Å². The third-order valence-electron chi connectivity index (χ3n) is 3.21. The van der Waals surface area contributed by atoms with Crippen LogP contribution >= 0.6 is 11.6 Å². The lowest BCUT2D eigenvalue weighted by atomic mass is 10.1. The lowest BCUT2D eigenvalue weighted by Crippen LogP contribution is -2.08. The van der Waals surface area contributed by atoms with Crippen molar-refractivity contribution in [1.82, 2.24) is 0 Å². The third kappa shape index (κ3) is 3.31. The summed E-state index contributed by atoms with van der Waals surface area (Å²) < 4.78 is 28.5. The molecular formula is C15H14ClNO3S. The number of hydrogen-bond donors (Lipinski definition) is 0. The Morgan fingerprint density at radius 3 is 2.24 bits per heavy atom. The number of carbonyl (C=O) groups is 1. The molecule has 1 aromatic carbocycles. The standard InChI is InChI=1S/C15H14ClNO3S/c1-9-6-11(3)15(7-10(9)2)21(19,20)17-12-4-5-14(18)13(16)8-12/h4-8H,1-3H3. The van der Waals surface area contributed by atoms with E-state index in [-0.39, 0.29) is 21.4 Å². The molecule has 1 aliphatic rings. The van der Waals surface area contributed by atoms with Crippen LogP contribution in [0.1, 0.15) is 16.7 Å². The first-order valence-electron chi connectivity index (χ1n) is 6.23. The second-order valence-corrected chi connectivity index (χ2v) is 6.86. The fourth-order valence-corrected chi connectivity index (χ4v) is 3.40. The molecule has 0 fully saturated rings. The Bertz CT molecular complexity index is 818. The van der Waals surface area contributed by atoms with Crippen molar-refractivity contribution in [2.45, 2.75) is 25.7 Å². The van der Waals surface area contributed by atoms with Crippen molar-refractivity contribution in [1.29, 1.82) is 0 Å². The summed E-state index contributed by atoms with van der Waals surface area (Å²) in [6, 6.07) is 3.42. The summed E-state index contributed by atoms with van der Waals surface area (Å²) in [4.78, 5) is 11.4. The zero-order chi connectivity index (χ0) is 15.8. The fourth-order valence-electron chi connectivity index (χ4n) is 1.95. The van der Waals surface area contributed by atoms with Crippen molar-refractivity contribution < 1.29 is 13.2 Å². The topological polar surface area (TPSA) is 63.6 Å². The molecule has 0 atom stereocenters. The highest BCUT2D eigenvalue weighted by Gasteiger charge is 2.19. The van der Waals surface area contributed by atoms with Gasteiger partial charge in [-0.05, 0) is 61.8 Å². The Kier molecular flexibility index (Phi) is 4.16. The van der Waals surface area contributed by atoms with Gasteiger partial charge in [-0.1, -0.05) is 17.7 Å². The maximum atomic E-state index is 12.4. The number of benzene rings is 1. The van der Waals surface area contributed by atoms with Gasteiger partial charge in [0.25, 0.3) is 10.0 Å². The predicted molar refractivity (Wildman–Crippen MR) is 83.4 cm³/mol. The Hall–Kier alpha value is -1.72. The van der Waals surface area contributed by atoms with Crippen LogP contribution in [0, 0.1) is 20.8 Å². The van der Waals surface area contributed by atoms with Crippen LogP contribution < -0.4 is 0 Å². The number of nitrogens with zero attached hydrogens (tertiary/aromatic N) is 1. The van der Waals surface area contributed by atoms with E-state index in [0.717, 1.165) is 11.1 Å². The predicted octanol–water partition coefficient (Wildman–Crippen LogP) is 3.00. The van der Waals surface area contributed by atoms with E-state index in [9.17, 15) is 13.2 Å². The highest BCUT2D eigenvalue weighted by Crippen LogP contribution is 2.22. The van der Waals surface area contributed by atoms with Gasteiger partial charge in [0.2, 0.25) is 0 Å². The van der Waals surface area contributed by atoms with Crippen LogP contribution in [-0.2, 0) is 14.8 Å². The Labute approximate surface area is 128 Å². The number of aryl methyl sites for hydroxylation is 3. The summed E-state index contributed by atoms with van der Waals surface area (Å²) in [6.45, 7) is 5.49. The van der Waals surface area contributed by atoms with Gasteiger partial charge in [-0.3, -0.25) is 4.79 Å². The van der Waals surface area contributed by atoms with Gasteiger partial charge in [0.05, 0.1) is 15.6 Å². The van der Waals surface area contributed by atoms with Crippen LogP contribution in [0.5, 0.6) is 0 Å². The van der Waals surface area contributed by atoms with Crippen molar-refractivity contribution in [3.63, 3.8) is 0 Å². The van der Waals surface area contributed by atoms with Crippen LogP contribution in [0.25, 0.3) is 0 Å². The Morgan fingerprint density at radius 1 is 1.00 bits per heavy atom. The highest BCUT2D eigenvalue weighted by molar-refractivity contribution is 7.90. The molecule has 0 N–H and O–H groups in total. The van der Waals surface area contributed by atoms with Crippen molar-refractivity contribution in [2.75, 3.05) is 0 Å². The minimum atomic E-state index is -3.85. The first-order chi connectivity index (χ1) is 9.70. The summed E-state index contributed by atoms with van der Waals surface area (Å²) in [7, 11) is -3.85. The van der Waals surface area contributed by atoms with Gasteiger partial charge in [-0.25, -0.2) is 0 Å². The van der Waals surface area contributed by atoms with Crippen LogP contribution in [0.3, 0.4) is 0 Å². The molecule has 21 heavy (non-hydrogen) atoms. The van der Waals surface area contributed by atoms with E-state index in [2.05, 4.69) is 4.40 Å². The average molecular weight is 324 g/mol. The monoisotopic (exact) mass is 323 g/mol. The van der Waals surface area contributed by atoms with Crippen LogP contribution in [0.4, 0.5) is 0 Å². The summed E-state index contributed by atoms with van der Waals surface area (Å²) in [6.07, 6.45) is 3.78. The van der Waals surface area contributed by atoms with Crippen molar-refractivity contribution >= 4 is 33.1 Å². The zero-order valence-corrected chi connectivity index (χ0v) is 13.4. The zero-order valence-electron chi connectivity index (χ0n) is 11.8. The van der Waals surface area contributed by atoms with Crippen molar-refractivity contribution in [3.05, 3.63) is 52.1 Å². The van der Waals surface area contributed by atoms with E-state index in [4.69, 9.17) is 11.6 Å². The number of rotatable bonds is 2. The third-order valence-corrected chi connectivity index (χ3v) is 4.95. The molecule has 0 aromatic heterocycles. The summed E-state index contributed by atoms with van der Waals surface area (Å²) >= 11 is 5.70. The molecule has 0 radical (unpaired) electrons. The fraction of sp³-hybridized carbons (Fsp3) is 0.200. The van der Waals surface area contributed by atoms with Gasteiger partial charge < -0.3 is 0 Å². The minimum absolute atomic E-state index is 0.0525. The van der Waals surface area contributed by atoms with E-state index in [1.54, 1.807) is 13.0 Å². The first kappa shape index (κ1) is 15.7. The van der Waals surface area contributed by atoms with E-state index in [1.807, 2.05) is 19.9 Å².